The molecule has 0 aliphatic carbocycles. The molecule has 1 unspecified atom stereocenters. The molecule has 1 fully saturated rings. The Kier molecular flexibility index (Phi) is 6.06. The van der Waals surface area contributed by atoms with Gasteiger partial charge in [-0.05, 0) is 54.0 Å². The van der Waals surface area contributed by atoms with Crippen molar-refractivity contribution < 1.29 is 14.3 Å². The zero-order valence-corrected chi connectivity index (χ0v) is 15.8. The van der Waals surface area contributed by atoms with Crippen LogP contribution in [0.4, 0.5) is 0 Å². The largest absolute Gasteiger partial charge is 0.376 e. The fourth-order valence-corrected chi connectivity index (χ4v) is 3.94. The van der Waals surface area contributed by atoms with Crippen LogP contribution in [0.5, 0.6) is 0 Å². The third-order valence-corrected chi connectivity index (χ3v) is 5.45. The number of piperidine rings is 1. The van der Waals surface area contributed by atoms with Gasteiger partial charge in [-0.1, -0.05) is 19.1 Å². The van der Waals surface area contributed by atoms with E-state index in [1.165, 1.54) is 11.3 Å². The molecule has 1 aliphatic heterocycles. The molecular formula is C20H24N2O3S. The number of hydrogen-bond donors (Lipinski definition) is 1. The van der Waals surface area contributed by atoms with Crippen LogP contribution in [-0.4, -0.2) is 42.5 Å². The number of carbonyl (C=O) groups is 2. The highest BCUT2D eigenvalue weighted by Gasteiger charge is 2.25. The van der Waals surface area contributed by atoms with Crippen molar-refractivity contribution >= 4 is 23.2 Å². The molecule has 138 valence electrons. The Morgan fingerprint density at radius 3 is 2.88 bits per heavy atom. The Balaban J connectivity index is 1.74. The summed E-state index contributed by atoms with van der Waals surface area (Å²) in [6.07, 6.45) is 3.09. The van der Waals surface area contributed by atoms with Crippen LogP contribution < -0.4 is 5.73 Å². The normalized spacial score (nSPS) is 17.3. The molecule has 3 rings (SSSR count). The van der Waals surface area contributed by atoms with E-state index < -0.39 is 5.91 Å². The van der Waals surface area contributed by atoms with Crippen molar-refractivity contribution in [2.24, 2.45) is 5.73 Å². The van der Waals surface area contributed by atoms with E-state index in [2.05, 4.69) is 6.92 Å². The minimum Gasteiger partial charge on any atom is -0.376 e. The van der Waals surface area contributed by atoms with E-state index >= 15 is 0 Å². The van der Waals surface area contributed by atoms with Crippen LogP contribution in [0.1, 0.15) is 46.2 Å². The summed E-state index contributed by atoms with van der Waals surface area (Å²) < 4.78 is 5.83. The van der Waals surface area contributed by atoms with Crippen molar-refractivity contribution in [1.29, 1.82) is 0 Å². The van der Waals surface area contributed by atoms with Crippen LogP contribution in [0.3, 0.4) is 0 Å². The van der Waals surface area contributed by atoms with Gasteiger partial charge in [-0.25, -0.2) is 0 Å². The maximum atomic E-state index is 12.9. The van der Waals surface area contributed by atoms with Crippen molar-refractivity contribution in [1.82, 2.24) is 4.90 Å². The lowest BCUT2D eigenvalue weighted by molar-refractivity contribution is 0.00211. The first kappa shape index (κ1) is 18.6. The number of amides is 2. The van der Waals surface area contributed by atoms with Gasteiger partial charge in [0.25, 0.3) is 11.8 Å². The third-order valence-electron chi connectivity index (χ3n) is 4.51. The van der Waals surface area contributed by atoms with Gasteiger partial charge in [-0.3, -0.25) is 9.59 Å². The molecule has 2 heterocycles. The van der Waals surface area contributed by atoms with Crippen LogP contribution in [0.2, 0.25) is 0 Å². The Labute approximate surface area is 157 Å². The number of rotatable bonds is 6. The van der Waals surface area contributed by atoms with Gasteiger partial charge in [0.15, 0.2) is 0 Å². The Hall–Kier alpha value is -2.18. The summed E-state index contributed by atoms with van der Waals surface area (Å²) in [5, 5.41) is 1.89. The van der Waals surface area contributed by atoms with Crippen LogP contribution >= 0.6 is 11.3 Å². The molecule has 2 N–H and O–H groups in total. The highest BCUT2D eigenvalue weighted by molar-refractivity contribution is 7.12. The summed E-state index contributed by atoms with van der Waals surface area (Å²) in [5.74, 6) is -0.401. The van der Waals surface area contributed by atoms with Crippen LogP contribution in [0.15, 0.2) is 35.7 Å². The van der Waals surface area contributed by atoms with Gasteiger partial charge < -0.3 is 15.4 Å². The highest BCUT2D eigenvalue weighted by atomic mass is 32.1. The third kappa shape index (κ3) is 4.31. The molecule has 1 atom stereocenters. The fraction of sp³-hybridized carbons (Fsp3) is 0.400. The summed E-state index contributed by atoms with van der Waals surface area (Å²) in [6.45, 7) is 4.24. The lowest BCUT2D eigenvalue weighted by atomic mass is 10.0. The Bertz CT molecular complexity index is 787. The summed E-state index contributed by atoms with van der Waals surface area (Å²) in [5.41, 5.74) is 7.80. The number of nitrogens with two attached hydrogens (primary N) is 1. The van der Waals surface area contributed by atoms with E-state index in [0.717, 1.165) is 43.5 Å². The number of thiophene rings is 1. The second kappa shape index (κ2) is 8.47. The predicted molar refractivity (Wildman–Crippen MR) is 103 cm³/mol. The van der Waals surface area contributed by atoms with E-state index in [9.17, 15) is 9.59 Å². The molecule has 2 amide bonds. The summed E-state index contributed by atoms with van der Waals surface area (Å²) in [7, 11) is 0. The summed E-state index contributed by atoms with van der Waals surface area (Å²) in [4.78, 5) is 26.6. The SMILES string of the molecule is CCCOC1CCCN(C(=O)c2cccc(-c3csc(C(N)=O)c3)c2)C1. The Morgan fingerprint density at radius 1 is 1.31 bits per heavy atom. The van der Waals surface area contributed by atoms with Gasteiger partial charge in [-0.2, -0.15) is 0 Å². The molecule has 1 saturated heterocycles. The monoisotopic (exact) mass is 372 g/mol. The zero-order chi connectivity index (χ0) is 18.5. The molecule has 6 heteroatoms. The van der Waals surface area contributed by atoms with Gasteiger partial charge in [0.05, 0.1) is 11.0 Å². The first-order chi connectivity index (χ1) is 12.6. The average molecular weight is 372 g/mol. The van der Waals surface area contributed by atoms with E-state index in [1.807, 2.05) is 34.5 Å². The molecule has 0 bridgehead atoms. The molecule has 0 saturated carbocycles. The van der Waals surface area contributed by atoms with Crippen molar-refractivity contribution in [3.05, 3.63) is 46.2 Å². The number of ether oxygens (including phenoxy) is 1. The number of benzene rings is 1. The maximum Gasteiger partial charge on any atom is 0.258 e. The summed E-state index contributed by atoms with van der Waals surface area (Å²) >= 11 is 1.32. The first-order valence-electron chi connectivity index (χ1n) is 8.98. The molecule has 5 nitrogen and oxygen atoms in total. The van der Waals surface area contributed by atoms with E-state index in [0.29, 0.717) is 17.0 Å². The second-order valence-corrected chi connectivity index (χ2v) is 7.44. The van der Waals surface area contributed by atoms with Gasteiger partial charge in [0, 0.05) is 25.3 Å². The van der Waals surface area contributed by atoms with Crippen molar-refractivity contribution in [2.45, 2.75) is 32.3 Å². The van der Waals surface area contributed by atoms with Gasteiger partial charge in [0.1, 0.15) is 0 Å². The first-order valence-corrected chi connectivity index (χ1v) is 9.86. The topological polar surface area (TPSA) is 72.6 Å². The van der Waals surface area contributed by atoms with Gasteiger partial charge in [0.2, 0.25) is 0 Å². The van der Waals surface area contributed by atoms with Crippen LogP contribution in [0.25, 0.3) is 11.1 Å². The predicted octanol–water partition coefficient (Wildman–Crippen LogP) is 3.55. The van der Waals surface area contributed by atoms with E-state index in [4.69, 9.17) is 10.5 Å². The summed E-state index contributed by atoms with van der Waals surface area (Å²) in [6, 6.07) is 9.30. The molecule has 1 aliphatic rings. The van der Waals surface area contributed by atoms with Crippen molar-refractivity contribution in [3.8, 4) is 11.1 Å². The molecule has 26 heavy (non-hydrogen) atoms. The molecule has 1 aromatic heterocycles. The number of carbonyl (C=O) groups excluding carboxylic acids is 2. The number of likely N-dealkylation sites (tertiary alicyclic amines) is 1. The molecule has 0 spiro atoms. The highest BCUT2D eigenvalue weighted by Crippen LogP contribution is 2.27. The Morgan fingerprint density at radius 2 is 2.15 bits per heavy atom. The molecular weight excluding hydrogens is 348 g/mol. The molecule has 0 radical (unpaired) electrons. The van der Waals surface area contributed by atoms with E-state index in [1.54, 1.807) is 6.07 Å². The minimum atomic E-state index is -0.431. The van der Waals surface area contributed by atoms with Crippen molar-refractivity contribution in [2.75, 3.05) is 19.7 Å². The lowest BCUT2D eigenvalue weighted by Gasteiger charge is -2.32. The molecule has 1 aromatic carbocycles. The van der Waals surface area contributed by atoms with Gasteiger partial charge >= 0.3 is 0 Å². The smallest absolute Gasteiger partial charge is 0.258 e. The van der Waals surface area contributed by atoms with Gasteiger partial charge in [-0.15, -0.1) is 11.3 Å². The van der Waals surface area contributed by atoms with Crippen molar-refractivity contribution in [3.63, 3.8) is 0 Å². The average Bonchev–Trinajstić information content (AvgIpc) is 3.17. The number of primary amides is 1. The zero-order valence-electron chi connectivity index (χ0n) is 14.9. The fourth-order valence-electron chi connectivity index (χ4n) is 3.17. The quantitative estimate of drug-likeness (QED) is 0.843. The van der Waals surface area contributed by atoms with Crippen LogP contribution in [0, 0.1) is 0 Å². The maximum absolute atomic E-state index is 12.9. The minimum absolute atomic E-state index is 0.0296. The second-order valence-electron chi connectivity index (χ2n) is 6.53. The lowest BCUT2D eigenvalue weighted by Crippen LogP contribution is -2.43. The molecule has 2 aromatic rings. The van der Waals surface area contributed by atoms with E-state index in [-0.39, 0.29) is 12.0 Å². The standard InChI is InChI=1S/C20H24N2O3S/c1-2-9-25-17-7-4-8-22(12-17)20(24)15-6-3-5-14(10-15)16-11-18(19(21)23)26-13-16/h3,5-6,10-11,13,17H,2,4,7-9,12H2,1H3,(H2,21,23). The van der Waals surface area contributed by atoms with Crippen LogP contribution in [-0.2, 0) is 4.74 Å². The number of hydrogen-bond acceptors (Lipinski definition) is 4. The number of nitrogens with zero attached hydrogens (tertiary/aromatic N) is 1.